The van der Waals surface area contributed by atoms with Crippen LogP contribution >= 0.6 is 44.9 Å². The minimum absolute atomic E-state index is 1.44. The summed E-state index contributed by atoms with van der Waals surface area (Å²) in [6.45, 7) is 0. The summed E-state index contributed by atoms with van der Waals surface area (Å²) < 4.78 is -4.76. The van der Waals surface area contributed by atoms with Gasteiger partial charge >= 0.3 is 78.1 Å². The first-order valence-electron chi connectivity index (χ1n) is 1.85. The fourth-order valence-corrected chi connectivity index (χ4v) is 0.201. The van der Waals surface area contributed by atoms with Gasteiger partial charge in [0.05, 0.1) is 0 Å². The van der Waals surface area contributed by atoms with Crippen LogP contribution in [0.4, 0.5) is 0 Å². The third-order valence-electron chi connectivity index (χ3n) is 0.640. The van der Waals surface area contributed by atoms with Gasteiger partial charge < -0.3 is 0 Å². The summed E-state index contributed by atoms with van der Waals surface area (Å²) in [6, 6.07) is 0. The molecule has 10 heavy (non-hydrogen) atoms. The Kier molecular flexibility index (Phi) is 1.87. The van der Waals surface area contributed by atoms with Gasteiger partial charge in [0.1, 0.15) is 0 Å². The summed E-state index contributed by atoms with van der Waals surface area (Å²) in [4.78, 5) is 0. The van der Waals surface area contributed by atoms with E-state index in [1.165, 1.54) is 17.4 Å². The van der Waals surface area contributed by atoms with Gasteiger partial charge in [0.25, 0.3) is 0 Å². The summed E-state index contributed by atoms with van der Waals surface area (Å²) >= 11 is 10.7. The van der Waals surface area contributed by atoms with Crippen molar-refractivity contribution in [1.82, 2.24) is 0 Å². The first-order valence-corrected chi connectivity index (χ1v) is 9.47. The Morgan fingerprint density at radius 2 is 1.20 bits per heavy atom. The molecule has 0 amide bonds. The predicted molar refractivity (Wildman–Crippen MR) is 47.5 cm³/mol. The molecular formula is C3Br2ClN3P-. The Hall–Kier alpha value is 0.150. The van der Waals surface area contributed by atoms with Crippen LogP contribution in [0, 0.1) is 33.2 Å². The average Bonchev–Trinajstić information content (AvgIpc) is 1.90. The summed E-state index contributed by atoms with van der Waals surface area (Å²) in [6.07, 6.45) is 0. The molecule has 0 aromatic rings. The second-order valence-electron chi connectivity index (χ2n) is 1.59. The molecule has 0 aliphatic rings. The van der Waals surface area contributed by atoms with Crippen LogP contribution in [0.5, 0.6) is 0 Å². The zero-order valence-electron chi connectivity index (χ0n) is 4.42. The van der Waals surface area contributed by atoms with Gasteiger partial charge in [-0.05, 0) is 0 Å². The van der Waals surface area contributed by atoms with Crippen LogP contribution in [0.25, 0.3) is 0 Å². The van der Waals surface area contributed by atoms with Crippen LogP contribution in [-0.4, -0.2) is 0 Å². The molecule has 54 valence electrons. The Labute approximate surface area is 78.0 Å². The first kappa shape index (κ1) is 10.2. The number of rotatable bonds is 0. The van der Waals surface area contributed by atoms with E-state index in [1.807, 2.05) is 0 Å². The molecule has 0 N–H and O–H groups in total. The SMILES string of the molecule is N#C[P-](Cl)(Br)(Br)(C#N)C#N. The predicted octanol–water partition coefficient (Wildman–Crippen LogP) is 3.29. The molecule has 0 saturated heterocycles. The molecule has 0 aliphatic heterocycles. The van der Waals surface area contributed by atoms with Gasteiger partial charge in [-0.25, -0.2) is 0 Å². The molecule has 0 atom stereocenters. The van der Waals surface area contributed by atoms with E-state index in [0.29, 0.717) is 0 Å². The maximum atomic E-state index is 8.44. The Morgan fingerprint density at radius 3 is 1.20 bits per heavy atom. The minimum atomic E-state index is -4.76. The topological polar surface area (TPSA) is 71.4 Å². The second kappa shape index (κ2) is 1.84. The normalized spacial score (nSPS) is 16.8. The van der Waals surface area contributed by atoms with Crippen LogP contribution in [-0.2, 0) is 0 Å². The van der Waals surface area contributed by atoms with Crippen LogP contribution in [0.3, 0.4) is 0 Å². The molecule has 0 heterocycles. The van der Waals surface area contributed by atoms with Crippen LogP contribution in [0.15, 0.2) is 0 Å². The van der Waals surface area contributed by atoms with Crippen LogP contribution in [0.1, 0.15) is 0 Å². The van der Waals surface area contributed by atoms with Gasteiger partial charge in [-0.15, -0.1) is 0 Å². The van der Waals surface area contributed by atoms with E-state index in [4.69, 9.17) is 27.0 Å². The number of hydrogen-bond acceptors (Lipinski definition) is 3. The fourth-order valence-electron chi connectivity index (χ4n) is 0.0671. The number of halogens is 3. The molecule has 0 saturated carbocycles. The van der Waals surface area contributed by atoms with Gasteiger partial charge in [0.2, 0.25) is 0 Å². The molecule has 0 spiro atoms. The molecule has 0 unspecified atom stereocenters. The molecule has 0 bridgehead atoms. The Bertz CT molecular complexity index is 260. The van der Waals surface area contributed by atoms with E-state index in [9.17, 15) is 0 Å². The third kappa shape index (κ3) is 1.82. The molecule has 0 rings (SSSR count). The monoisotopic (exact) mass is 302 g/mol. The van der Waals surface area contributed by atoms with Crippen molar-refractivity contribution in [2.75, 3.05) is 0 Å². The van der Waals surface area contributed by atoms with Crippen LogP contribution < -0.4 is 0 Å². The molecule has 0 aromatic heterocycles. The van der Waals surface area contributed by atoms with Crippen molar-refractivity contribution in [3.8, 4) is 17.4 Å². The Morgan fingerprint density at radius 1 is 1.00 bits per heavy atom. The van der Waals surface area contributed by atoms with Crippen molar-refractivity contribution in [1.29, 1.82) is 15.8 Å². The second-order valence-corrected chi connectivity index (χ2v) is 23.2. The van der Waals surface area contributed by atoms with Crippen molar-refractivity contribution >= 4 is 44.9 Å². The Balaban J connectivity index is 5.71. The first-order chi connectivity index (χ1) is 4.21. The fraction of sp³-hybridized carbons (Fsp3) is 0. The van der Waals surface area contributed by atoms with Gasteiger partial charge in [0.15, 0.2) is 0 Å². The number of nitrogens with zero attached hydrogens (tertiary/aromatic N) is 3. The van der Waals surface area contributed by atoms with Gasteiger partial charge in [-0.2, -0.15) is 0 Å². The molecule has 0 fully saturated rings. The maximum absolute atomic E-state index is 8.44. The molecule has 3 nitrogen and oxygen atoms in total. The van der Waals surface area contributed by atoms with E-state index < -0.39 is 2.70 Å². The summed E-state index contributed by atoms with van der Waals surface area (Å²) in [7, 11) is 0. The van der Waals surface area contributed by atoms with E-state index in [0.717, 1.165) is 0 Å². The quantitative estimate of drug-likeness (QED) is 0.645. The van der Waals surface area contributed by atoms with Crippen molar-refractivity contribution < 1.29 is 0 Å². The van der Waals surface area contributed by atoms with Crippen molar-refractivity contribution in [2.24, 2.45) is 0 Å². The van der Waals surface area contributed by atoms with Crippen molar-refractivity contribution in [3.05, 3.63) is 0 Å². The number of nitriles is 3. The van der Waals surface area contributed by atoms with Crippen molar-refractivity contribution in [3.63, 3.8) is 0 Å². The van der Waals surface area contributed by atoms with Crippen molar-refractivity contribution in [2.45, 2.75) is 0 Å². The molecule has 0 aliphatic carbocycles. The van der Waals surface area contributed by atoms with E-state index in [1.54, 1.807) is 0 Å². The van der Waals surface area contributed by atoms with Crippen LogP contribution in [0.2, 0.25) is 0 Å². The van der Waals surface area contributed by atoms with E-state index in [-0.39, 0.29) is 0 Å². The van der Waals surface area contributed by atoms with E-state index >= 15 is 0 Å². The van der Waals surface area contributed by atoms with E-state index in [2.05, 4.69) is 31.0 Å². The molecule has 0 aromatic carbocycles. The summed E-state index contributed by atoms with van der Waals surface area (Å²) in [5.74, 6) is 4.33. The average molecular weight is 304 g/mol. The standard InChI is InChI=1S/C3Br2ClN3P/c4-10(5,6,1-7,2-8)3-9/q-1. The molecular weight excluding hydrogens is 304 g/mol. The zero-order valence-corrected chi connectivity index (χ0v) is 9.25. The van der Waals surface area contributed by atoms with Gasteiger partial charge in [-0.1, -0.05) is 0 Å². The summed E-state index contributed by atoms with van der Waals surface area (Å²) in [5, 5.41) is 25.3. The number of hydrogen-bond donors (Lipinski definition) is 0. The van der Waals surface area contributed by atoms with Gasteiger partial charge in [-0.3, -0.25) is 0 Å². The summed E-state index contributed by atoms with van der Waals surface area (Å²) in [5.41, 5.74) is 0. The third-order valence-corrected chi connectivity index (χ3v) is 5.46. The van der Waals surface area contributed by atoms with Gasteiger partial charge in [0, 0.05) is 0 Å². The molecule has 7 heteroatoms. The molecule has 0 radical (unpaired) electrons. The zero-order chi connectivity index (χ0) is 8.53.